The fourth-order valence-corrected chi connectivity index (χ4v) is 2.12. The van der Waals surface area contributed by atoms with Crippen LogP contribution in [-0.2, 0) is 0 Å². The van der Waals surface area contributed by atoms with Crippen LogP contribution in [0, 0.1) is 0 Å². The first-order valence-corrected chi connectivity index (χ1v) is 6.76. The number of benzene rings is 1. The highest BCUT2D eigenvalue weighted by atomic mass is 35.5. The molecule has 0 radical (unpaired) electrons. The van der Waals surface area contributed by atoms with Gasteiger partial charge in [0.05, 0.1) is 0 Å². The summed E-state index contributed by atoms with van der Waals surface area (Å²) in [5.74, 6) is 0. The zero-order valence-electron chi connectivity index (χ0n) is 10.8. The van der Waals surface area contributed by atoms with Crippen LogP contribution in [0.15, 0.2) is 30.5 Å². The standard InChI is InChI=1S/C15H19ClN2/c1-3-8-17-11(2)4-5-12-10-18-15-9-13(16)6-7-14(12)15/h4-7,9-11,17-18H,3,8H2,1-2H3/b5-4+. The third kappa shape index (κ3) is 3.15. The Morgan fingerprint density at radius 2 is 2.28 bits per heavy atom. The van der Waals surface area contributed by atoms with Crippen LogP contribution in [-0.4, -0.2) is 17.6 Å². The maximum Gasteiger partial charge on any atom is 0.0475 e. The lowest BCUT2D eigenvalue weighted by molar-refractivity contribution is 0.625. The average molecular weight is 263 g/mol. The number of aromatic nitrogens is 1. The Bertz CT molecular complexity index is 542. The summed E-state index contributed by atoms with van der Waals surface area (Å²) in [5, 5.41) is 5.40. The first-order chi connectivity index (χ1) is 8.70. The summed E-state index contributed by atoms with van der Waals surface area (Å²) >= 11 is 5.96. The van der Waals surface area contributed by atoms with Gasteiger partial charge in [-0.3, -0.25) is 0 Å². The molecular formula is C15H19ClN2. The number of nitrogens with one attached hydrogen (secondary N) is 2. The summed E-state index contributed by atoms with van der Waals surface area (Å²) in [7, 11) is 0. The van der Waals surface area contributed by atoms with E-state index in [9.17, 15) is 0 Å². The van der Waals surface area contributed by atoms with Crippen LogP contribution in [0.2, 0.25) is 5.02 Å². The highest BCUT2D eigenvalue weighted by molar-refractivity contribution is 6.31. The van der Waals surface area contributed by atoms with Gasteiger partial charge in [-0.25, -0.2) is 0 Å². The molecule has 0 aliphatic heterocycles. The van der Waals surface area contributed by atoms with Crippen molar-refractivity contribution in [1.29, 1.82) is 0 Å². The van der Waals surface area contributed by atoms with Crippen LogP contribution in [0.1, 0.15) is 25.8 Å². The normalized spacial score (nSPS) is 13.5. The van der Waals surface area contributed by atoms with Gasteiger partial charge < -0.3 is 10.3 Å². The number of fused-ring (bicyclic) bond motifs is 1. The maximum atomic E-state index is 5.96. The van der Waals surface area contributed by atoms with E-state index in [1.165, 1.54) is 10.9 Å². The lowest BCUT2D eigenvalue weighted by atomic mass is 10.1. The molecule has 1 aromatic carbocycles. The molecule has 2 nitrogen and oxygen atoms in total. The second-order valence-corrected chi connectivity index (χ2v) is 4.97. The van der Waals surface area contributed by atoms with Crippen molar-refractivity contribution >= 4 is 28.6 Å². The molecule has 0 aliphatic carbocycles. The summed E-state index contributed by atoms with van der Waals surface area (Å²) in [5.41, 5.74) is 2.28. The molecule has 1 aromatic heterocycles. The minimum atomic E-state index is 0.391. The van der Waals surface area contributed by atoms with E-state index in [2.05, 4.69) is 42.4 Å². The third-order valence-corrected chi connectivity index (χ3v) is 3.19. The van der Waals surface area contributed by atoms with Gasteiger partial charge in [-0.1, -0.05) is 36.7 Å². The maximum absolute atomic E-state index is 5.96. The van der Waals surface area contributed by atoms with Gasteiger partial charge in [0.15, 0.2) is 0 Å². The summed E-state index contributed by atoms with van der Waals surface area (Å²) < 4.78 is 0. The van der Waals surface area contributed by atoms with Gasteiger partial charge in [0.2, 0.25) is 0 Å². The Kier molecular flexibility index (Phi) is 4.45. The van der Waals surface area contributed by atoms with Crippen LogP contribution in [0.5, 0.6) is 0 Å². The van der Waals surface area contributed by atoms with Crippen molar-refractivity contribution < 1.29 is 0 Å². The summed E-state index contributed by atoms with van der Waals surface area (Å²) in [6, 6.07) is 6.32. The van der Waals surface area contributed by atoms with E-state index in [1.807, 2.05) is 18.3 Å². The van der Waals surface area contributed by atoms with Crippen molar-refractivity contribution in [3.05, 3.63) is 41.1 Å². The SMILES string of the molecule is CCCNC(C)/C=C/c1c[nH]c2cc(Cl)ccc12. The number of halogens is 1. The molecule has 0 bridgehead atoms. The smallest absolute Gasteiger partial charge is 0.0475 e. The zero-order chi connectivity index (χ0) is 13.0. The molecule has 0 saturated carbocycles. The van der Waals surface area contributed by atoms with Crippen molar-refractivity contribution in [3.8, 4) is 0 Å². The molecule has 2 N–H and O–H groups in total. The van der Waals surface area contributed by atoms with Gasteiger partial charge in [0.25, 0.3) is 0 Å². The summed E-state index contributed by atoms with van der Waals surface area (Å²) in [6.45, 7) is 5.39. The predicted octanol–water partition coefficient (Wildman–Crippen LogP) is 4.22. The Hall–Kier alpha value is -1.25. The average Bonchev–Trinajstić information content (AvgIpc) is 2.76. The number of hydrogen-bond acceptors (Lipinski definition) is 1. The molecule has 0 saturated heterocycles. The molecule has 0 aliphatic rings. The van der Waals surface area contributed by atoms with Crippen LogP contribution in [0.25, 0.3) is 17.0 Å². The minimum Gasteiger partial charge on any atom is -0.361 e. The van der Waals surface area contributed by atoms with Crippen molar-refractivity contribution in [2.45, 2.75) is 26.3 Å². The van der Waals surface area contributed by atoms with Crippen LogP contribution < -0.4 is 5.32 Å². The van der Waals surface area contributed by atoms with Gasteiger partial charge in [0.1, 0.15) is 0 Å². The van der Waals surface area contributed by atoms with Gasteiger partial charge >= 0.3 is 0 Å². The quantitative estimate of drug-likeness (QED) is 0.830. The van der Waals surface area contributed by atoms with E-state index >= 15 is 0 Å². The van der Waals surface area contributed by atoms with Gasteiger partial charge in [-0.05, 0) is 37.6 Å². The van der Waals surface area contributed by atoms with Gasteiger partial charge in [0, 0.05) is 28.2 Å². The second kappa shape index (κ2) is 6.07. The van der Waals surface area contributed by atoms with E-state index in [-0.39, 0.29) is 0 Å². The van der Waals surface area contributed by atoms with E-state index in [0.29, 0.717) is 6.04 Å². The lowest BCUT2D eigenvalue weighted by Gasteiger charge is -2.07. The molecule has 1 unspecified atom stereocenters. The highest BCUT2D eigenvalue weighted by Crippen LogP contribution is 2.22. The third-order valence-electron chi connectivity index (χ3n) is 2.96. The molecule has 1 heterocycles. The minimum absolute atomic E-state index is 0.391. The molecule has 2 aromatic rings. The largest absolute Gasteiger partial charge is 0.361 e. The second-order valence-electron chi connectivity index (χ2n) is 4.54. The predicted molar refractivity (Wildman–Crippen MR) is 80.1 cm³/mol. The molecule has 0 fully saturated rings. The Labute approximate surface area is 113 Å². The van der Waals surface area contributed by atoms with E-state index in [1.54, 1.807) is 0 Å². The summed E-state index contributed by atoms with van der Waals surface area (Å²) in [4.78, 5) is 3.24. The van der Waals surface area contributed by atoms with E-state index in [4.69, 9.17) is 11.6 Å². The van der Waals surface area contributed by atoms with Gasteiger partial charge in [-0.2, -0.15) is 0 Å². The molecule has 3 heteroatoms. The highest BCUT2D eigenvalue weighted by Gasteiger charge is 2.01. The van der Waals surface area contributed by atoms with Crippen molar-refractivity contribution in [3.63, 3.8) is 0 Å². The van der Waals surface area contributed by atoms with Crippen LogP contribution in [0.4, 0.5) is 0 Å². The number of aromatic amines is 1. The topological polar surface area (TPSA) is 27.8 Å². The number of H-pyrrole nitrogens is 1. The monoisotopic (exact) mass is 262 g/mol. The molecule has 2 rings (SSSR count). The number of rotatable bonds is 5. The Balaban J connectivity index is 2.14. The molecular weight excluding hydrogens is 244 g/mol. The van der Waals surface area contributed by atoms with Crippen molar-refractivity contribution in [1.82, 2.24) is 10.3 Å². The molecule has 0 spiro atoms. The van der Waals surface area contributed by atoms with E-state index in [0.717, 1.165) is 23.5 Å². The Morgan fingerprint density at radius 3 is 3.06 bits per heavy atom. The Morgan fingerprint density at radius 1 is 1.44 bits per heavy atom. The number of hydrogen-bond donors (Lipinski definition) is 2. The van der Waals surface area contributed by atoms with Crippen LogP contribution in [0.3, 0.4) is 0 Å². The molecule has 1 atom stereocenters. The van der Waals surface area contributed by atoms with E-state index < -0.39 is 0 Å². The van der Waals surface area contributed by atoms with Crippen molar-refractivity contribution in [2.24, 2.45) is 0 Å². The first kappa shape index (κ1) is 13.2. The van der Waals surface area contributed by atoms with Crippen LogP contribution >= 0.6 is 11.6 Å². The first-order valence-electron chi connectivity index (χ1n) is 6.39. The summed E-state index contributed by atoms with van der Waals surface area (Å²) in [6.07, 6.45) is 7.51. The zero-order valence-corrected chi connectivity index (χ0v) is 11.6. The fraction of sp³-hybridized carbons (Fsp3) is 0.333. The molecule has 18 heavy (non-hydrogen) atoms. The lowest BCUT2D eigenvalue weighted by Crippen LogP contribution is -2.24. The molecule has 0 amide bonds. The van der Waals surface area contributed by atoms with Crippen molar-refractivity contribution in [2.75, 3.05) is 6.54 Å². The fourth-order valence-electron chi connectivity index (χ4n) is 1.95. The van der Waals surface area contributed by atoms with Gasteiger partial charge in [-0.15, -0.1) is 0 Å². The molecule has 96 valence electrons.